The third-order valence-electron chi connectivity index (χ3n) is 4.12. The van der Waals surface area contributed by atoms with E-state index in [0.717, 1.165) is 23.2 Å². The van der Waals surface area contributed by atoms with Crippen molar-refractivity contribution in [2.75, 3.05) is 0 Å². The molecule has 0 fully saturated rings. The second-order valence-corrected chi connectivity index (χ2v) is 6.11. The number of aryl methyl sites for hydroxylation is 1. The average Bonchev–Trinajstić information content (AvgIpc) is 3.02. The number of aromatic nitrogens is 2. The first-order valence-electron chi connectivity index (χ1n) is 8.23. The van der Waals surface area contributed by atoms with Crippen LogP contribution in [0.25, 0.3) is 11.0 Å². The summed E-state index contributed by atoms with van der Waals surface area (Å²) in [7, 11) is 0. The van der Waals surface area contributed by atoms with Crippen LogP contribution in [0.5, 0.6) is 0 Å². The van der Waals surface area contributed by atoms with E-state index in [1.165, 1.54) is 6.07 Å². The van der Waals surface area contributed by atoms with E-state index in [2.05, 4.69) is 15.3 Å². The van der Waals surface area contributed by atoms with Crippen molar-refractivity contribution >= 4 is 16.9 Å². The van der Waals surface area contributed by atoms with Gasteiger partial charge in [0.1, 0.15) is 5.82 Å². The minimum absolute atomic E-state index is 0.198. The Hall–Kier alpha value is -2.83. The van der Waals surface area contributed by atoms with Crippen LogP contribution in [0.4, 0.5) is 13.2 Å². The van der Waals surface area contributed by atoms with E-state index in [4.69, 9.17) is 0 Å². The summed E-state index contributed by atoms with van der Waals surface area (Å²) in [4.78, 5) is 19.7. The number of imidazole rings is 1. The fraction of sp³-hybridized carbons (Fsp3) is 0.263. The SMILES string of the molecule is CC(NC(=O)CCc1nc2ccccc2[nH]1)c1cccc(C(F)(F)F)c1. The molecule has 1 unspecified atom stereocenters. The summed E-state index contributed by atoms with van der Waals surface area (Å²) in [6.45, 7) is 1.66. The predicted octanol–water partition coefficient (Wildman–Crippen LogP) is 4.39. The van der Waals surface area contributed by atoms with Crippen molar-refractivity contribution in [3.8, 4) is 0 Å². The maximum absolute atomic E-state index is 12.8. The Balaban J connectivity index is 1.59. The van der Waals surface area contributed by atoms with Crippen LogP contribution in [0.1, 0.15) is 36.3 Å². The smallest absolute Gasteiger partial charge is 0.350 e. The van der Waals surface area contributed by atoms with E-state index >= 15 is 0 Å². The number of benzene rings is 2. The third kappa shape index (κ3) is 4.22. The first-order chi connectivity index (χ1) is 12.3. The Morgan fingerprint density at radius 3 is 2.69 bits per heavy atom. The fourth-order valence-corrected chi connectivity index (χ4v) is 2.74. The highest BCUT2D eigenvalue weighted by Crippen LogP contribution is 2.30. The van der Waals surface area contributed by atoms with Gasteiger partial charge in [0.15, 0.2) is 0 Å². The van der Waals surface area contributed by atoms with Crippen molar-refractivity contribution < 1.29 is 18.0 Å². The zero-order valence-corrected chi connectivity index (χ0v) is 14.1. The van der Waals surface area contributed by atoms with Crippen LogP contribution in [0, 0.1) is 0 Å². The standard InChI is InChI=1S/C19H18F3N3O/c1-12(13-5-4-6-14(11-13)19(20,21)22)23-18(26)10-9-17-24-15-7-2-3-8-16(15)25-17/h2-8,11-12H,9-10H2,1H3,(H,23,26)(H,24,25). The summed E-state index contributed by atoms with van der Waals surface area (Å²) in [5.74, 6) is 0.462. The number of alkyl halides is 3. The molecule has 0 saturated carbocycles. The van der Waals surface area contributed by atoms with Crippen molar-refractivity contribution in [2.24, 2.45) is 0 Å². The van der Waals surface area contributed by atoms with Gasteiger partial charge in [-0.25, -0.2) is 4.98 Å². The zero-order valence-electron chi connectivity index (χ0n) is 14.1. The highest BCUT2D eigenvalue weighted by atomic mass is 19.4. The maximum atomic E-state index is 12.8. The molecule has 1 atom stereocenters. The Labute approximate surface area is 148 Å². The summed E-state index contributed by atoms with van der Waals surface area (Å²) in [6, 6.07) is 12.0. The minimum Gasteiger partial charge on any atom is -0.350 e. The van der Waals surface area contributed by atoms with E-state index in [-0.39, 0.29) is 12.3 Å². The summed E-state index contributed by atoms with van der Waals surface area (Å²) in [5.41, 5.74) is 1.43. The number of nitrogens with one attached hydrogen (secondary N) is 2. The van der Waals surface area contributed by atoms with Gasteiger partial charge in [-0.05, 0) is 36.8 Å². The predicted molar refractivity (Wildman–Crippen MR) is 92.4 cm³/mol. The lowest BCUT2D eigenvalue weighted by atomic mass is 10.0. The van der Waals surface area contributed by atoms with Crippen LogP contribution in [0.3, 0.4) is 0 Å². The molecule has 7 heteroatoms. The zero-order chi connectivity index (χ0) is 18.7. The second-order valence-electron chi connectivity index (χ2n) is 6.11. The van der Waals surface area contributed by atoms with Gasteiger partial charge in [0.05, 0.1) is 22.6 Å². The van der Waals surface area contributed by atoms with Crippen LogP contribution >= 0.6 is 0 Å². The second kappa shape index (κ2) is 7.19. The molecular formula is C19H18F3N3O. The maximum Gasteiger partial charge on any atom is 0.416 e. The van der Waals surface area contributed by atoms with Crippen molar-refractivity contribution in [2.45, 2.75) is 32.0 Å². The van der Waals surface area contributed by atoms with Crippen molar-refractivity contribution in [1.29, 1.82) is 0 Å². The van der Waals surface area contributed by atoms with Crippen LogP contribution in [-0.4, -0.2) is 15.9 Å². The Morgan fingerprint density at radius 1 is 1.19 bits per heavy atom. The van der Waals surface area contributed by atoms with Gasteiger partial charge in [0, 0.05) is 12.8 Å². The van der Waals surface area contributed by atoms with Gasteiger partial charge >= 0.3 is 6.18 Å². The van der Waals surface area contributed by atoms with Gasteiger partial charge < -0.3 is 10.3 Å². The summed E-state index contributed by atoms with van der Waals surface area (Å²) in [5, 5.41) is 2.73. The van der Waals surface area contributed by atoms with Crippen molar-refractivity contribution in [3.63, 3.8) is 0 Å². The summed E-state index contributed by atoms with van der Waals surface area (Å²) >= 11 is 0. The molecule has 3 aromatic rings. The molecule has 0 saturated heterocycles. The summed E-state index contributed by atoms with van der Waals surface area (Å²) < 4.78 is 38.4. The number of para-hydroxylation sites is 2. The summed E-state index contributed by atoms with van der Waals surface area (Å²) in [6.07, 6.45) is -3.78. The third-order valence-corrected chi connectivity index (χ3v) is 4.12. The molecule has 26 heavy (non-hydrogen) atoms. The van der Waals surface area contributed by atoms with Gasteiger partial charge in [-0.3, -0.25) is 4.79 Å². The van der Waals surface area contributed by atoms with Gasteiger partial charge in [-0.2, -0.15) is 13.2 Å². The van der Waals surface area contributed by atoms with E-state index in [9.17, 15) is 18.0 Å². The average molecular weight is 361 g/mol. The molecule has 4 nitrogen and oxygen atoms in total. The number of hydrogen-bond acceptors (Lipinski definition) is 2. The number of nitrogens with zero attached hydrogens (tertiary/aromatic N) is 1. The molecule has 0 aliphatic heterocycles. The molecule has 0 aliphatic rings. The number of H-pyrrole nitrogens is 1. The first-order valence-corrected chi connectivity index (χ1v) is 8.23. The first kappa shape index (κ1) is 18.0. The molecular weight excluding hydrogens is 343 g/mol. The molecule has 2 N–H and O–H groups in total. The van der Waals surface area contributed by atoms with Crippen LogP contribution in [-0.2, 0) is 17.4 Å². The molecule has 2 aromatic carbocycles. The lowest BCUT2D eigenvalue weighted by molar-refractivity contribution is -0.137. The number of fused-ring (bicyclic) bond motifs is 1. The molecule has 136 valence electrons. The number of halogens is 3. The highest BCUT2D eigenvalue weighted by Gasteiger charge is 2.30. The molecule has 1 amide bonds. The lowest BCUT2D eigenvalue weighted by Crippen LogP contribution is -2.27. The highest BCUT2D eigenvalue weighted by molar-refractivity contribution is 5.77. The molecule has 1 aromatic heterocycles. The number of rotatable bonds is 5. The van der Waals surface area contributed by atoms with Crippen LogP contribution in [0.15, 0.2) is 48.5 Å². The van der Waals surface area contributed by atoms with E-state index in [1.807, 2.05) is 24.3 Å². The number of hydrogen-bond donors (Lipinski definition) is 2. The molecule has 0 bridgehead atoms. The number of carbonyl (C=O) groups excluding carboxylic acids is 1. The minimum atomic E-state index is -4.40. The van der Waals surface area contributed by atoms with Gasteiger partial charge in [0.25, 0.3) is 0 Å². The number of amides is 1. The van der Waals surface area contributed by atoms with Crippen molar-refractivity contribution in [1.82, 2.24) is 15.3 Å². The van der Waals surface area contributed by atoms with Gasteiger partial charge in [0.2, 0.25) is 5.91 Å². The fourth-order valence-electron chi connectivity index (χ4n) is 2.74. The van der Waals surface area contributed by atoms with Gasteiger partial charge in [-0.1, -0.05) is 24.3 Å². The molecule has 0 radical (unpaired) electrons. The number of carbonyl (C=O) groups is 1. The van der Waals surface area contributed by atoms with Crippen molar-refractivity contribution in [3.05, 3.63) is 65.5 Å². The Morgan fingerprint density at radius 2 is 1.96 bits per heavy atom. The Kier molecular flexibility index (Phi) is 4.97. The van der Waals surface area contributed by atoms with Crippen LogP contribution < -0.4 is 5.32 Å². The molecule has 0 spiro atoms. The molecule has 1 heterocycles. The van der Waals surface area contributed by atoms with E-state index in [0.29, 0.717) is 17.8 Å². The monoisotopic (exact) mass is 361 g/mol. The van der Waals surface area contributed by atoms with E-state index in [1.54, 1.807) is 13.0 Å². The normalized spacial score (nSPS) is 12.9. The lowest BCUT2D eigenvalue weighted by Gasteiger charge is -2.16. The topological polar surface area (TPSA) is 57.8 Å². The quantitative estimate of drug-likeness (QED) is 0.708. The van der Waals surface area contributed by atoms with E-state index < -0.39 is 17.8 Å². The molecule has 3 rings (SSSR count). The van der Waals surface area contributed by atoms with Gasteiger partial charge in [-0.15, -0.1) is 0 Å². The Bertz CT molecular complexity index is 885. The molecule has 0 aliphatic carbocycles. The van der Waals surface area contributed by atoms with Crippen LogP contribution in [0.2, 0.25) is 0 Å². The largest absolute Gasteiger partial charge is 0.416 e. The number of aromatic amines is 1.